The van der Waals surface area contributed by atoms with E-state index in [0.29, 0.717) is 6.42 Å². The molecule has 0 aromatic carbocycles. The summed E-state index contributed by atoms with van der Waals surface area (Å²) < 4.78 is 0. The number of nitrogens with zero attached hydrogens (tertiary/aromatic N) is 1. The number of carboxylic acids is 1. The molecule has 0 amide bonds. The van der Waals surface area contributed by atoms with E-state index in [4.69, 9.17) is 16.1 Å². The summed E-state index contributed by atoms with van der Waals surface area (Å²) in [5.74, 6) is -0.1000. The summed E-state index contributed by atoms with van der Waals surface area (Å²) in [6.45, 7) is 3.12. The molecule has 74 valence electrons. The molecule has 0 unspecified atom stereocenters. The molecule has 13 heavy (non-hydrogen) atoms. The first kappa shape index (κ1) is 14.5. The van der Waals surface area contributed by atoms with E-state index >= 15 is 0 Å². The van der Waals surface area contributed by atoms with Crippen LogP contribution in [0.1, 0.15) is 6.42 Å². The van der Waals surface area contributed by atoms with Crippen LogP contribution in [0.25, 0.3) is 0 Å². The molecule has 0 saturated heterocycles. The lowest BCUT2D eigenvalue weighted by atomic mass is 10.2. The standard InChI is InChI=1S/C5H11NO2S.C3H3N/c1-9-3-2-4(6)5(7)8;1-2-3-4/h4H,2-3,6H2,1H3,(H,7,8);2H,1H2/t4-;/m0./s1. The third kappa shape index (κ3) is 13.9. The van der Waals surface area contributed by atoms with Crippen molar-refractivity contribution in [3.8, 4) is 6.07 Å². The van der Waals surface area contributed by atoms with E-state index in [1.807, 2.05) is 6.26 Å². The van der Waals surface area contributed by atoms with Crippen molar-refractivity contribution in [3.63, 3.8) is 0 Å². The maximum absolute atomic E-state index is 10.1. The molecular formula is C8H14N2O2S. The van der Waals surface area contributed by atoms with Crippen molar-refractivity contribution < 1.29 is 9.90 Å². The van der Waals surface area contributed by atoms with Gasteiger partial charge in [0.15, 0.2) is 0 Å². The van der Waals surface area contributed by atoms with E-state index in [1.54, 1.807) is 17.8 Å². The van der Waals surface area contributed by atoms with Crippen LogP contribution < -0.4 is 5.73 Å². The Hall–Kier alpha value is -0.990. The highest BCUT2D eigenvalue weighted by atomic mass is 32.2. The van der Waals surface area contributed by atoms with Gasteiger partial charge in [0.2, 0.25) is 0 Å². The molecule has 0 fully saturated rings. The molecule has 3 N–H and O–H groups in total. The number of carboxylic acid groups (broad SMARTS) is 1. The van der Waals surface area contributed by atoms with Gasteiger partial charge >= 0.3 is 5.97 Å². The third-order valence-corrected chi connectivity index (χ3v) is 1.69. The van der Waals surface area contributed by atoms with Crippen LogP contribution >= 0.6 is 11.8 Å². The summed E-state index contributed by atoms with van der Waals surface area (Å²) >= 11 is 1.60. The highest BCUT2D eigenvalue weighted by Crippen LogP contribution is 1.97. The number of thioether (sulfide) groups is 1. The number of hydrogen-bond acceptors (Lipinski definition) is 4. The van der Waals surface area contributed by atoms with E-state index in [9.17, 15) is 4.79 Å². The fraction of sp³-hybridized carbons (Fsp3) is 0.500. The molecule has 0 aromatic rings. The highest BCUT2D eigenvalue weighted by molar-refractivity contribution is 7.98. The summed E-state index contributed by atoms with van der Waals surface area (Å²) in [5, 5.41) is 15.8. The summed E-state index contributed by atoms with van der Waals surface area (Å²) in [7, 11) is 0. The Balaban J connectivity index is 0. The highest BCUT2D eigenvalue weighted by Gasteiger charge is 2.08. The number of aliphatic carboxylic acids is 1. The zero-order valence-corrected chi connectivity index (χ0v) is 8.38. The molecule has 0 heterocycles. The quantitative estimate of drug-likeness (QED) is 0.660. The average Bonchev–Trinajstić information content (AvgIpc) is 2.14. The largest absolute Gasteiger partial charge is 0.480 e. The summed E-state index contributed by atoms with van der Waals surface area (Å²) in [6.07, 6.45) is 3.66. The van der Waals surface area contributed by atoms with Crippen LogP contribution in [0.3, 0.4) is 0 Å². The number of allylic oxidation sites excluding steroid dienone is 1. The zero-order valence-electron chi connectivity index (χ0n) is 7.56. The second-order valence-corrected chi connectivity index (χ2v) is 3.05. The number of rotatable bonds is 4. The molecule has 0 rings (SSSR count). The lowest BCUT2D eigenvalue weighted by Crippen LogP contribution is -2.30. The SMILES string of the molecule is C=CC#N.CSCC[C@H](N)C(=O)O. The minimum absolute atomic E-state index is 0.552. The molecule has 1 atom stereocenters. The van der Waals surface area contributed by atoms with E-state index in [1.165, 1.54) is 6.08 Å². The number of nitriles is 1. The van der Waals surface area contributed by atoms with Crippen LogP contribution in [0.2, 0.25) is 0 Å². The summed E-state index contributed by atoms with van der Waals surface area (Å²) in [5.41, 5.74) is 5.19. The maximum Gasteiger partial charge on any atom is 0.320 e. The van der Waals surface area contributed by atoms with Crippen LogP contribution in [0.5, 0.6) is 0 Å². The molecule has 0 spiro atoms. The average molecular weight is 202 g/mol. The smallest absolute Gasteiger partial charge is 0.320 e. The second kappa shape index (κ2) is 11.0. The minimum Gasteiger partial charge on any atom is -0.480 e. The van der Waals surface area contributed by atoms with Gasteiger partial charge in [-0.05, 0) is 18.4 Å². The number of carbonyl (C=O) groups is 1. The van der Waals surface area contributed by atoms with Crippen LogP contribution in [0, 0.1) is 11.3 Å². The van der Waals surface area contributed by atoms with Crippen molar-refractivity contribution >= 4 is 17.7 Å². The van der Waals surface area contributed by atoms with Gasteiger partial charge in [0.25, 0.3) is 0 Å². The summed E-state index contributed by atoms with van der Waals surface area (Å²) in [6, 6.07) is 1.01. The zero-order chi connectivity index (χ0) is 10.7. The van der Waals surface area contributed by atoms with Crippen molar-refractivity contribution in [3.05, 3.63) is 12.7 Å². The Morgan fingerprint density at radius 3 is 2.62 bits per heavy atom. The van der Waals surface area contributed by atoms with E-state index < -0.39 is 12.0 Å². The molecular weight excluding hydrogens is 188 g/mol. The molecule has 0 saturated carbocycles. The topological polar surface area (TPSA) is 87.1 Å². The Labute approximate surface area is 82.4 Å². The van der Waals surface area contributed by atoms with Gasteiger partial charge in [-0.1, -0.05) is 6.58 Å². The van der Waals surface area contributed by atoms with Gasteiger partial charge in [0.05, 0.1) is 6.07 Å². The lowest BCUT2D eigenvalue weighted by molar-refractivity contribution is -0.138. The fourth-order valence-corrected chi connectivity index (χ4v) is 0.858. The van der Waals surface area contributed by atoms with E-state index in [-0.39, 0.29) is 0 Å². The normalized spacial score (nSPS) is 10.2. The molecule has 0 aromatic heterocycles. The molecule has 0 aliphatic heterocycles. The van der Waals surface area contributed by atoms with Gasteiger partial charge in [0, 0.05) is 6.08 Å². The monoisotopic (exact) mass is 202 g/mol. The van der Waals surface area contributed by atoms with Gasteiger partial charge in [-0.3, -0.25) is 4.79 Å². The van der Waals surface area contributed by atoms with Crippen LogP contribution in [0.4, 0.5) is 0 Å². The Kier molecular flexibility index (Phi) is 12.3. The first-order valence-corrected chi connectivity index (χ1v) is 4.97. The second-order valence-electron chi connectivity index (χ2n) is 2.06. The van der Waals surface area contributed by atoms with Gasteiger partial charge in [0.1, 0.15) is 6.04 Å². The van der Waals surface area contributed by atoms with Crippen LogP contribution in [-0.2, 0) is 4.79 Å². The van der Waals surface area contributed by atoms with Crippen molar-refractivity contribution in [2.45, 2.75) is 12.5 Å². The number of hydrogen-bond donors (Lipinski definition) is 2. The van der Waals surface area contributed by atoms with Crippen molar-refractivity contribution in [2.75, 3.05) is 12.0 Å². The first-order chi connectivity index (χ1) is 6.09. The van der Waals surface area contributed by atoms with Gasteiger partial charge in [-0.2, -0.15) is 17.0 Å². The fourth-order valence-electron chi connectivity index (χ4n) is 0.368. The van der Waals surface area contributed by atoms with E-state index in [0.717, 1.165) is 5.75 Å². The molecule has 0 aliphatic rings. The third-order valence-electron chi connectivity index (χ3n) is 1.04. The van der Waals surface area contributed by atoms with Gasteiger partial charge in [-0.25, -0.2) is 0 Å². The maximum atomic E-state index is 10.1. The Morgan fingerprint density at radius 1 is 1.92 bits per heavy atom. The molecule has 0 radical (unpaired) electrons. The number of nitrogens with two attached hydrogens (primary N) is 1. The predicted octanol–water partition coefficient (Wildman–Crippen LogP) is 0.847. The van der Waals surface area contributed by atoms with Crippen molar-refractivity contribution in [1.82, 2.24) is 0 Å². The lowest BCUT2D eigenvalue weighted by Gasteiger charge is -2.02. The molecule has 0 bridgehead atoms. The van der Waals surface area contributed by atoms with Gasteiger partial charge < -0.3 is 10.8 Å². The predicted molar refractivity (Wildman–Crippen MR) is 54.4 cm³/mol. The van der Waals surface area contributed by atoms with Crippen LogP contribution in [0.15, 0.2) is 12.7 Å². The molecule has 0 aliphatic carbocycles. The molecule has 5 heteroatoms. The van der Waals surface area contributed by atoms with Gasteiger partial charge in [-0.15, -0.1) is 0 Å². The molecule has 4 nitrogen and oxygen atoms in total. The first-order valence-electron chi connectivity index (χ1n) is 3.58. The summed E-state index contributed by atoms with van der Waals surface area (Å²) in [4.78, 5) is 10.1. The van der Waals surface area contributed by atoms with E-state index in [2.05, 4.69) is 6.58 Å². The Bertz CT molecular complexity index is 189. The minimum atomic E-state index is -0.913. The van der Waals surface area contributed by atoms with Crippen LogP contribution in [-0.4, -0.2) is 29.1 Å². The van der Waals surface area contributed by atoms with Crippen molar-refractivity contribution in [1.29, 1.82) is 5.26 Å². The van der Waals surface area contributed by atoms with Crippen molar-refractivity contribution in [2.24, 2.45) is 5.73 Å². The Morgan fingerprint density at radius 2 is 2.38 bits per heavy atom.